The summed E-state index contributed by atoms with van der Waals surface area (Å²) >= 11 is 0. The molecule has 6 nitrogen and oxygen atoms in total. The maximum Gasteiger partial charge on any atom is 1.00 e. The fourth-order valence-electron chi connectivity index (χ4n) is 2.99. The van der Waals surface area contributed by atoms with Gasteiger partial charge in [0.15, 0.2) is 28.7 Å². The Hall–Kier alpha value is -0.720. The van der Waals surface area contributed by atoms with Crippen molar-refractivity contribution < 1.29 is 76.2 Å². The van der Waals surface area contributed by atoms with E-state index in [4.69, 9.17) is 4.55 Å². The predicted octanol–water partition coefficient (Wildman–Crippen LogP) is -0.810. The molecule has 0 spiro atoms. The van der Waals surface area contributed by atoms with Crippen LogP contribution in [-0.4, -0.2) is 29.5 Å². The Morgan fingerprint density at radius 3 is 2.04 bits per heavy atom. The number of halogens is 4. The zero-order valence-corrected chi connectivity index (χ0v) is 17.7. The van der Waals surface area contributed by atoms with E-state index in [9.17, 15) is 35.9 Å². The molecule has 1 aliphatic rings. The number of esters is 1. The number of rotatable bonds is 5. The second kappa shape index (κ2) is 7.96. The summed E-state index contributed by atoms with van der Waals surface area (Å²) in [5, 5.41) is 9.59. The Morgan fingerprint density at radius 1 is 1.19 bits per heavy atom. The first kappa shape index (κ1) is 24.3. The summed E-state index contributed by atoms with van der Waals surface area (Å²) < 4.78 is 90.1. The molecule has 2 N–H and O–H groups in total. The van der Waals surface area contributed by atoms with E-state index in [-0.39, 0.29) is 31.0 Å². The molecule has 1 aromatic rings. The van der Waals surface area contributed by atoms with Gasteiger partial charge in [0.05, 0.1) is 11.5 Å². The molecule has 1 aliphatic carbocycles. The topological polar surface area (TPSA) is 101 Å². The molecule has 0 saturated heterocycles. The van der Waals surface area contributed by atoms with E-state index in [0.29, 0.717) is 0 Å². The van der Waals surface area contributed by atoms with Gasteiger partial charge in [-0.25, -0.2) is 17.6 Å². The van der Waals surface area contributed by atoms with Gasteiger partial charge in [-0.2, -0.15) is 8.42 Å². The van der Waals surface area contributed by atoms with Gasteiger partial charge in [-0.05, 0) is 12.3 Å². The van der Waals surface area contributed by atoms with E-state index in [1.807, 2.05) is 0 Å². The molecule has 0 radical (unpaired) electrons. The average Bonchev–Trinajstić information content (AvgIpc) is 3.11. The Bertz CT molecular complexity index is 851. The SMILES string of the molecule is Cc1c(F)c(F)c(COC(=O)C2C(C(O)S(=O)(=O)O)C2(C)C)c(F)c1F.[H-].[Na+]. The van der Waals surface area contributed by atoms with Crippen molar-refractivity contribution in [3.8, 4) is 0 Å². The van der Waals surface area contributed by atoms with Crippen molar-refractivity contribution in [1.82, 2.24) is 0 Å². The first-order valence-electron chi connectivity index (χ1n) is 7.35. The van der Waals surface area contributed by atoms with E-state index in [2.05, 4.69) is 4.74 Å². The van der Waals surface area contributed by atoms with Crippen LogP contribution in [0.3, 0.4) is 0 Å². The fraction of sp³-hybridized carbons (Fsp3) is 0.533. The summed E-state index contributed by atoms with van der Waals surface area (Å²) in [5.41, 5.74) is -5.34. The van der Waals surface area contributed by atoms with Gasteiger partial charge in [0, 0.05) is 11.5 Å². The summed E-state index contributed by atoms with van der Waals surface area (Å²) in [5.74, 6) is -10.2. The summed E-state index contributed by atoms with van der Waals surface area (Å²) in [7, 11) is -4.85. The average molecular weight is 424 g/mol. The third kappa shape index (κ3) is 4.33. The molecule has 27 heavy (non-hydrogen) atoms. The van der Waals surface area contributed by atoms with Crippen molar-refractivity contribution in [2.75, 3.05) is 0 Å². The number of carbonyl (C=O) groups excluding carboxylic acids is 1. The van der Waals surface area contributed by atoms with Crippen LogP contribution in [0.15, 0.2) is 0 Å². The van der Waals surface area contributed by atoms with Crippen LogP contribution in [0.5, 0.6) is 0 Å². The van der Waals surface area contributed by atoms with Crippen molar-refractivity contribution in [3.05, 3.63) is 34.4 Å². The largest absolute Gasteiger partial charge is 1.00 e. The van der Waals surface area contributed by atoms with Gasteiger partial charge in [-0.15, -0.1) is 0 Å². The standard InChI is InChI=1S/C15H16F4O6S.Na.H/c1-5-9(16)11(18)6(12(19)10(5)17)4-25-13(20)7-8(15(7,2)3)14(21)26(22,23)24;;/h7-8,14,21H,4H2,1-3H3,(H,22,23,24);;/q;+1;-1. The molecule has 0 heterocycles. The van der Waals surface area contributed by atoms with Crippen LogP contribution in [0.4, 0.5) is 17.6 Å². The van der Waals surface area contributed by atoms with Crippen LogP contribution < -0.4 is 29.6 Å². The van der Waals surface area contributed by atoms with E-state index < -0.39 is 79.8 Å². The number of aliphatic hydroxyl groups is 1. The van der Waals surface area contributed by atoms with Gasteiger partial charge in [0.25, 0.3) is 10.1 Å². The Kier molecular flexibility index (Phi) is 7.17. The maximum absolute atomic E-state index is 13.8. The Balaban J connectivity index is 0.00000364. The minimum Gasteiger partial charge on any atom is -1.00 e. The van der Waals surface area contributed by atoms with Gasteiger partial charge >= 0.3 is 35.5 Å². The molecule has 0 aliphatic heterocycles. The molecule has 2 rings (SSSR count). The fourth-order valence-corrected chi connectivity index (χ4v) is 3.87. The van der Waals surface area contributed by atoms with Crippen molar-refractivity contribution in [2.24, 2.45) is 17.3 Å². The Morgan fingerprint density at radius 2 is 1.63 bits per heavy atom. The van der Waals surface area contributed by atoms with Crippen LogP contribution in [0.1, 0.15) is 26.4 Å². The van der Waals surface area contributed by atoms with Gasteiger partial charge < -0.3 is 11.3 Å². The molecular formula is C15H17F4NaO6S. The predicted molar refractivity (Wildman–Crippen MR) is 80.2 cm³/mol. The first-order chi connectivity index (χ1) is 11.7. The number of hydrogen-bond donors (Lipinski definition) is 2. The smallest absolute Gasteiger partial charge is 1.00 e. The molecule has 3 unspecified atom stereocenters. The number of carbonyl (C=O) groups is 1. The van der Waals surface area contributed by atoms with Gasteiger partial charge in [-0.3, -0.25) is 9.35 Å². The molecular weight excluding hydrogens is 407 g/mol. The zero-order chi connectivity index (χ0) is 20.2. The van der Waals surface area contributed by atoms with Crippen LogP contribution in [0, 0.1) is 47.4 Å². The van der Waals surface area contributed by atoms with Crippen molar-refractivity contribution in [2.45, 2.75) is 32.8 Å². The number of benzene rings is 1. The molecule has 0 aromatic heterocycles. The summed E-state index contributed by atoms with van der Waals surface area (Å²) in [6.07, 6.45) is 0. The first-order valence-corrected chi connectivity index (χ1v) is 8.85. The number of hydrogen-bond acceptors (Lipinski definition) is 5. The van der Waals surface area contributed by atoms with Crippen LogP contribution >= 0.6 is 0 Å². The third-order valence-electron chi connectivity index (χ3n) is 4.71. The van der Waals surface area contributed by atoms with E-state index >= 15 is 0 Å². The van der Waals surface area contributed by atoms with Gasteiger partial charge in [-0.1, -0.05) is 13.8 Å². The monoisotopic (exact) mass is 424 g/mol. The summed E-state index contributed by atoms with van der Waals surface area (Å²) in [4.78, 5) is 12.1. The molecule has 12 heteroatoms. The van der Waals surface area contributed by atoms with Crippen LogP contribution in [-0.2, 0) is 26.3 Å². The zero-order valence-electron chi connectivity index (χ0n) is 15.9. The van der Waals surface area contributed by atoms with Crippen LogP contribution in [0.25, 0.3) is 0 Å². The molecule has 1 aromatic carbocycles. The minimum atomic E-state index is -4.85. The quantitative estimate of drug-likeness (QED) is 0.211. The Labute approximate surface area is 176 Å². The normalized spacial score (nSPS) is 22.0. The van der Waals surface area contributed by atoms with Gasteiger partial charge in [0.1, 0.15) is 6.61 Å². The van der Waals surface area contributed by atoms with Crippen LogP contribution in [0.2, 0.25) is 0 Å². The molecule has 1 fully saturated rings. The van der Waals surface area contributed by atoms with Crippen molar-refractivity contribution in [3.63, 3.8) is 0 Å². The minimum absolute atomic E-state index is 0. The molecule has 0 amide bonds. The summed E-state index contributed by atoms with van der Waals surface area (Å²) in [6.45, 7) is 2.52. The number of ether oxygens (including phenoxy) is 1. The molecule has 3 atom stereocenters. The molecule has 0 bridgehead atoms. The molecule has 148 valence electrons. The van der Waals surface area contributed by atoms with Gasteiger partial charge in [0.2, 0.25) is 0 Å². The maximum atomic E-state index is 13.8. The van der Waals surface area contributed by atoms with Crippen molar-refractivity contribution >= 4 is 16.1 Å². The van der Waals surface area contributed by atoms with Crippen molar-refractivity contribution in [1.29, 1.82) is 0 Å². The third-order valence-corrected chi connectivity index (χ3v) is 5.61. The molecule has 1 saturated carbocycles. The number of aliphatic hydroxyl groups excluding tert-OH is 1. The second-order valence-electron chi connectivity index (χ2n) is 6.70. The summed E-state index contributed by atoms with van der Waals surface area (Å²) in [6, 6.07) is 0. The van der Waals surface area contributed by atoms with E-state index in [0.717, 1.165) is 6.92 Å². The second-order valence-corrected chi connectivity index (χ2v) is 8.21. The van der Waals surface area contributed by atoms with E-state index in [1.54, 1.807) is 0 Å². The van der Waals surface area contributed by atoms with E-state index in [1.165, 1.54) is 13.8 Å².